The first kappa shape index (κ1) is 15.2. The van der Waals surface area contributed by atoms with E-state index < -0.39 is 28.1 Å². The van der Waals surface area contributed by atoms with Gasteiger partial charge in [-0.25, -0.2) is 4.79 Å². The van der Waals surface area contributed by atoms with Gasteiger partial charge < -0.3 is 19.9 Å². The molecule has 0 fully saturated rings. The number of carboxylic acid groups (broad SMARTS) is 1. The van der Waals surface area contributed by atoms with Crippen molar-refractivity contribution in [2.45, 2.75) is 0 Å². The molecular formula is C11H12N2O7. The molecular weight excluding hydrogens is 272 g/mol. The Kier molecular flexibility index (Phi) is 4.84. The molecule has 0 spiro atoms. The lowest BCUT2D eigenvalue weighted by molar-refractivity contribution is -0.385. The molecule has 0 radical (unpaired) electrons. The minimum absolute atomic E-state index is 0.0168. The molecule has 20 heavy (non-hydrogen) atoms. The van der Waals surface area contributed by atoms with Crippen molar-refractivity contribution >= 4 is 17.6 Å². The summed E-state index contributed by atoms with van der Waals surface area (Å²) in [6.45, 7) is -0.379. The third-order valence-electron chi connectivity index (χ3n) is 2.35. The molecule has 0 bridgehead atoms. The first-order chi connectivity index (χ1) is 9.40. The van der Waals surface area contributed by atoms with E-state index >= 15 is 0 Å². The van der Waals surface area contributed by atoms with Crippen LogP contribution in [0.15, 0.2) is 12.1 Å². The summed E-state index contributed by atoms with van der Waals surface area (Å²) in [5, 5.41) is 22.1. The van der Waals surface area contributed by atoms with Crippen LogP contribution >= 0.6 is 0 Å². The van der Waals surface area contributed by atoms with Gasteiger partial charge in [-0.1, -0.05) is 0 Å². The number of hydrogen-bond acceptors (Lipinski definition) is 6. The first-order valence-electron chi connectivity index (χ1n) is 5.33. The van der Waals surface area contributed by atoms with Crippen LogP contribution in [0.3, 0.4) is 0 Å². The number of amides is 1. The van der Waals surface area contributed by atoms with Crippen molar-refractivity contribution in [2.24, 2.45) is 0 Å². The third kappa shape index (κ3) is 3.34. The number of carbonyl (C=O) groups excluding carboxylic acids is 1. The van der Waals surface area contributed by atoms with Gasteiger partial charge in [0.1, 0.15) is 5.56 Å². The van der Waals surface area contributed by atoms with Gasteiger partial charge in [-0.15, -0.1) is 0 Å². The van der Waals surface area contributed by atoms with Crippen molar-refractivity contribution in [3.05, 3.63) is 27.8 Å². The highest BCUT2D eigenvalue weighted by Crippen LogP contribution is 2.34. The van der Waals surface area contributed by atoms with Gasteiger partial charge in [0.05, 0.1) is 18.1 Å². The molecule has 1 rings (SSSR count). The van der Waals surface area contributed by atoms with E-state index in [1.54, 1.807) is 0 Å². The van der Waals surface area contributed by atoms with Crippen LogP contribution in [0.2, 0.25) is 0 Å². The first-order valence-corrected chi connectivity index (χ1v) is 5.33. The Morgan fingerprint density at radius 3 is 2.50 bits per heavy atom. The number of nitro benzene ring substituents is 1. The molecule has 9 nitrogen and oxygen atoms in total. The maximum absolute atomic E-state index is 11.1. The Hall–Kier alpha value is -2.84. The zero-order chi connectivity index (χ0) is 15.3. The Labute approximate surface area is 113 Å². The zero-order valence-corrected chi connectivity index (χ0v) is 10.7. The molecule has 0 atom stereocenters. The fraction of sp³-hybridized carbons (Fsp3) is 0.273. The number of nitrogens with one attached hydrogen (secondary N) is 1. The normalized spacial score (nSPS) is 9.70. The van der Waals surface area contributed by atoms with E-state index in [1.165, 1.54) is 14.2 Å². The van der Waals surface area contributed by atoms with Gasteiger partial charge in [0.25, 0.3) is 11.6 Å². The fourth-order valence-electron chi connectivity index (χ4n) is 1.36. The van der Waals surface area contributed by atoms with Crippen LogP contribution in [0, 0.1) is 10.1 Å². The summed E-state index contributed by atoms with van der Waals surface area (Å²) in [7, 11) is 2.65. The van der Waals surface area contributed by atoms with Gasteiger partial charge in [-0.3, -0.25) is 14.9 Å². The number of hydrogen-bond donors (Lipinski definition) is 2. The van der Waals surface area contributed by atoms with Crippen LogP contribution < -0.4 is 14.8 Å². The van der Waals surface area contributed by atoms with Gasteiger partial charge in [0, 0.05) is 13.1 Å². The summed E-state index contributed by atoms with van der Waals surface area (Å²) in [5.41, 5.74) is -1.18. The summed E-state index contributed by atoms with van der Waals surface area (Å²) in [4.78, 5) is 32.0. The topological polar surface area (TPSA) is 128 Å². The van der Waals surface area contributed by atoms with E-state index in [4.69, 9.17) is 14.6 Å². The van der Waals surface area contributed by atoms with Gasteiger partial charge in [0.15, 0.2) is 18.1 Å². The second-order valence-electron chi connectivity index (χ2n) is 3.54. The Bertz CT molecular complexity index is 556. The molecule has 0 aliphatic heterocycles. The highest BCUT2D eigenvalue weighted by Gasteiger charge is 2.24. The number of aromatic carboxylic acids is 1. The number of benzene rings is 1. The quantitative estimate of drug-likeness (QED) is 0.572. The smallest absolute Gasteiger partial charge is 0.342 e. The largest absolute Gasteiger partial charge is 0.493 e. The molecule has 0 aliphatic carbocycles. The Morgan fingerprint density at radius 1 is 1.40 bits per heavy atom. The minimum Gasteiger partial charge on any atom is -0.493 e. The van der Waals surface area contributed by atoms with E-state index in [-0.39, 0.29) is 18.1 Å². The highest BCUT2D eigenvalue weighted by atomic mass is 16.6. The van der Waals surface area contributed by atoms with Crippen molar-refractivity contribution < 1.29 is 29.1 Å². The molecule has 1 aromatic rings. The average Bonchev–Trinajstić information content (AvgIpc) is 2.43. The fourth-order valence-corrected chi connectivity index (χ4v) is 1.36. The Morgan fingerprint density at radius 2 is 2.05 bits per heavy atom. The summed E-state index contributed by atoms with van der Waals surface area (Å²) in [5.74, 6) is -2.02. The van der Waals surface area contributed by atoms with Crippen molar-refractivity contribution in [2.75, 3.05) is 20.8 Å². The van der Waals surface area contributed by atoms with Crippen LogP contribution in [0.25, 0.3) is 0 Å². The average molecular weight is 284 g/mol. The van der Waals surface area contributed by atoms with E-state index in [0.717, 1.165) is 12.1 Å². The van der Waals surface area contributed by atoms with Crippen molar-refractivity contribution in [3.8, 4) is 11.5 Å². The molecule has 0 saturated carbocycles. The summed E-state index contributed by atoms with van der Waals surface area (Å²) < 4.78 is 9.97. The van der Waals surface area contributed by atoms with Gasteiger partial charge in [-0.2, -0.15) is 0 Å². The number of carboxylic acids is 1. The predicted molar refractivity (Wildman–Crippen MR) is 66.2 cm³/mol. The van der Waals surface area contributed by atoms with Crippen molar-refractivity contribution in [3.63, 3.8) is 0 Å². The second-order valence-corrected chi connectivity index (χ2v) is 3.54. The number of nitrogens with zero attached hydrogens (tertiary/aromatic N) is 1. The molecule has 2 N–H and O–H groups in total. The predicted octanol–water partition coefficient (Wildman–Crippen LogP) is 0.426. The number of nitro groups is 1. The molecule has 1 aromatic carbocycles. The van der Waals surface area contributed by atoms with Crippen LogP contribution in [-0.2, 0) is 4.79 Å². The molecule has 0 aromatic heterocycles. The van der Waals surface area contributed by atoms with E-state index in [1.807, 2.05) is 0 Å². The second kappa shape index (κ2) is 6.36. The number of methoxy groups -OCH3 is 1. The van der Waals surface area contributed by atoms with Gasteiger partial charge >= 0.3 is 5.97 Å². The van der Waals surface area contributed by atoms with Crippen LogP contribution in [0.4, 0.5) is 5.69 Å². The molecule has 9 heteroatoms. The van der Waals surface area contributed by atoms with Crippen molar-refractivity contribution in [1.29, 1.82) is 0 Å². The van der Waals surface area contributed by atoms with Gasteiger partial charge in [0.2, 0.25) is 0 Å². The van der Waals surface area contributed by atoms with Gasteiger partial charge in [-0.05, 0) is 0 Å². The third-order valence-corrected chi connectivity index (χ3v) is 2.35. The van der Waals surface area contributed by atoms with Crippen molar-refractivity contribution in [1.82, 2.24) is 5.32 Å². The maximum atomic E-state index is 11.1. The SMILES string of the molecule is CNC(=O)COc1cc([N+](=O)[O-])c(C(=O)O)cc1OC. The lowest BCUT2D eigenvalue weighted by Crippen LogP contribution is -2.25. The lowest BCUT2D eigenvalue weighted by atomic mass is 10.1. The number of carbonyl (C=O) groups is 2. The lowest BCUT2D eigenvalue weighted by Gasteiger charge is -2.11. The molecule has 0 aliphatic rings. The zero-order valence-electron chi connectivity index (χ0n) is 10.7. The summed E-state index contributed by atoms with van der Waals surface area (Å²) >= 11 is 0. The Balaban J connectivity index is 3.23. The standard InChI is InChI=1S/C11H12N2O7/c1-12-10(14)5-20-9-4-7(13(17)18)6(11(15)16)3-8(9)19-2/h3-4H,5H2,1-2H3,(H,12,14)(H,15,16). The molecule has 1 amide bonds. The summed E-state index contributed by atoms with van der Waals surface area (Å²) in [6.07, 6.45) is 0. The van der Waals surface area contributed by atoms with E-state index in [0.29, 0.717) is 0 Å². The van der Waals surface area contributed by atoms with Crippen LogP contribution in [0.5, 0.6) is 11.5 Å². The highest BCUT2D eigenvalue weighted by molar-refractivity contribution is 5.93. The van der Waals surface area contributed by atoms with Crippen LogP contribution in [-0.4, -0.2) is 42.7 Å². The molecule has 0 unspecified atom stereocenters. The summed E-state index contributed by atoms with van der Waals surface area (Å²) in [6, 6.07) is 1.88. The number of likely N-dealkylation sites (N-methyl/N-ethyl adjacent to an activating group) is 1. The van der Waals surface area contributed by atoms with Crippen LogP contribution in [0.1, 0.15) is 10.4 Å². The van der Waals surface area contributed by atoms with E-state index in [9.17, 15) is 19.7 Å². The maximum Gasteiger partial charge on any atom is 0.342 e. The van der Waals surface area contributed by atoms with E-state index in [2.05, 4.69) is 5.32 Å². The molecule has 0 heterocycles. The molecule has 0 saturated heterocycles. The minimum atomic E-state index is -1.46. The monoisotopic (exact) mass is 284 g/mol. The number of ether oxygens (including phenoxy) is 2. The number of rotatable bonds is 6. The molecule has 108 valence electrons.